The van der Waals surface area contributed by atoms with Crippen LogP contribution in [0.25, 0.3) is 0 Å². The zero-order chi connectivity index (χ0) is 48.8. The lowest BCUT2D eigenvalue weighted by Gasteiger charge is -2.39. The number of nitrogens with zero attached hydrogens (tertiary/aromatic N) is 4. The highest BCUT2D eigenvalue weighted by atomic mass is 14.9. The molecule has 0 aromatic heterocycles. The molecule has 0 spiro atoms. The van der Waals surface area contributed by atoms with E-state index in [0.29, 0.717) is 34.1 Å². The molecule has 4 unspecified atom stereocenters. The first-order valence-electron chi connectivity index (χ1n) is 23.6. The molecule has 5 aliphatic heterocycles. The van der Waals surface area contributed by atoms with Gasteiger partial charge in [-0.15, -0.1) is 0 Å². The van der Waals surface area contributed by atoms with Crippen LogP contribution in [0, 0.1) is 55.4 Å². The molecule has 0 radical (unpaired) electrons. The summed E-state index contributed by atoms with van der Waals surface area (Å²) in [6.07, 6.45) is 16.1. The first-order valence-corrected chi connectivity index (χ1v) is 23.6. The molecular weight excluding hydrogens is 833 g/mol. The van der Waals surface area contributed by atoms with Crippen LogP contribution in [0.15, 0.2) is 186 Å². The van der Waals surface area contributed by atoms with Gasteiger partial charge < -0.3 is 22.9 Å². The molecule has 8 nitrogen and oxygen atoms in total. The number of hydrogen-bond acceptors (Lipinski definition) is 8. The van der Waals surface area contributed by atoms with Gasteiger partial charge >= 0.3 is 0 Å². The van der Waals surface area contributed by atoms with Gasteiger partial charge in [-0.05, 0) is 198 Å². The Labute approximate surface area is 402 Å². The number of aryl methyl sites for hydroxylation is 4. The van der Waals surface area contributed by atoms with Crippen molar-refractivity contribution in [3.8, 4) is 0 Å². The van der Waals surface area contributed by atoms with Gasteiger partial charge in [0.15, 0.2) is 0 Å². The molecular formula is C60H64N8. The van der Waals surface area contributed by atoms with Crippen molar-refractivity contribution in [2.24, 2.45) is 42.9 Å². The summed E-state index contributed by atoms with van der Waals surface area (Å²) in [6.45, 7) is 25.3. The third kappa shape index (κ3) is 7.56. The Hall–Kier alpha value is -6.68. The van der Waals surface area contributed by atoms with E-state index in [2.05, 4.69) is 162 Å². The van der Waals surface area contributed by atoms with E-state index in [1.165, 1.54) is 0 Å². The molecule has 8 heteroatoms. The zero-order valence-corrected chi connectivity index (χ0v) is 41.6. The minimum absolute atomic E-state index is 0.590. The van der Waals surface area contributed by atoms with Crippen molar-refractivity contribution in [3.05, 3.63) is 233 Å². The third-order valence-electron chi connectivity index (χ3n) is 15.3. The Morgan fingerprint density at radius 2 is 0.750 bits per heavy atom. The van der Waals surface area contributed by atoms with E-state index in [0.717, 1.165) is 101 Å². The SMILES string of the molecule is Cc1cccc(C(C)(N)C2=CC3=CC4=NC(=CC5=NC(=CC6=NC(=C(C(C)(N)c7cccc(C)c7C)C2=N3)C(C(C)(N)c2cccc(C)c2C)=C6C(C)(N)c2cccc(C)c2C)C=C5)C=C4)c1C. The molecule has 0 saturated heterocycles. The molecule has 0 fully saturated rings. The van der Waals surface area contributed by atoms with Crippen LogP contribution < -0.4 is 22.9 Å². The van der Waals surface area contributed by atoms with Crippen molar-refractivity contribution in [1.82, 2.24) is 0 Å². The van der Waals surface area contributed by atoms with Gasteiger partial charge in [-0.2, -0.15) is 0 Å². The number of rotatable bonds is 8. The highest BCUT2D eigenvalue weighted by molar-refractivity contribution is 6.22. The van der Waals surface area contributed by atoms with Crippen LogP contribution in [0.2, 0.25) is 0 Å². The van der Waals surface area contributed by atoms with Crippen LogP contribution in [-0.2, 0) is 22.2 Å². The van der Waals surface area contributed by atoms with Gasteiger partial charge in [-0.25, -0.2) is 20.0 Å². The monoisotopic (exact) mass is 897 g/mol. The second-order valence-corrected chi connectivity index (χ2v) is 20.2. The normalized spacial score (nSPS) is 20.1. The van der Waals surface area contributed by atoms with Gasteiger partial charge in [0, 0.05) is 22.3 Å². The van der Waals surface area contributed by atoms with Crippen LogP contribution >= 0.6 is 0 Å². The van der Waals surface area contributed by atoms with Gasteiger partial charge in [0.1, 0.15) is 0 Å². The molecule has 4 aromatic carbocycles. The number of benzene rings is 4. The number of hydrogen-bond donors (Lipinski definition) is 4. The van der Waals surface area contributed by atoms with Crippen molar-refractivity contribution in [2.45, 2.75) is 105 Å². The molecule has 5 aliphatic rings. The second-order valence-electron chi connectivity index (χ2n) is 20.2. The van der Waals surface area contributed by atoms with E-state index < -0.39 is 22.2 Å². The van der Waals surface area contributed by atoms with Gasteiger partial charge in [0.05, 0.1) is 67.8 Å². The fourth-order valence-corrected chi connectivity index (χ4v) is 10.9. The molecule has 344 valence electrons. The van der Waals surface area contributed by atoms with Gasteiger partial charge in [0.2, 0.25) is 0 Å². The molecule has 0 aliphatic carbocycles. The maximum Gasteiger partial charge on any atom is 0.0771 e. The molecule has 4 aromatic rings. The molecule has 8 N–H and O–H groups in total. The average Bonchev–Trinajstić information content (AvgIpc) is 4.09. The van der Waals surface area contributed by atoms with Crippen LogP contribution in [0.3, 0.4) is 0 Å². The lowest BCUT2D eigenvalue weighted by Crippen LogP contribution is -2.47. The fraction of sp³-hybridized carbons (Fsp3) is 0.267. The lowest BCUT2D eigenvalue weighted by atomic mass is 9.68. The van der Waals surface area contributed by atoms with Gasteiger partial charge in [-0.1, -0.05) is 72.8 Å². The lowest BCUT2D eigenvalue weighted by molar-refractivity contribution is 0.540. The highest BCUT2D eigenvalue weighted by Crippen LogP contribution is 2.51. The third-order valence-corrected chi connectivity index (χ3v) is 15.3. The molecule has 0 saturated carbocycles. The van der Waals surface area contributed by atoms with E-state index in [1.54, 1.807) is 0 Å². The fourth-order valence-electron chi connectivity index (χ4n) is 10.9. The summed E-state index contributed by atoms with van der Waals surface area (Å²) in [7, 11) is 0. The van der Waals surface area contributed by atoms with Crippen molar-refractivity contribution in [2.75, 3.05) is 0 Å². The smallest absolute Gasteiger partial charge is 0.0771 e. The summed E-state index contributed by atoms with van der Waals surface area (Å²) in [6, 6.07) is 25.2. The number of fused-ring (bicyclic) bond motifs is 4. The molecule has 8 bridgehead atoms. The summed E-state index contributed by atoms with van der Waals surface area (Å²) in [5.41, 5.74) is 48.6. The van der Waals surface area contributed by atoms with E-state index in [1.807, 2.05) is 42.5 Å². The molecule has 9 rings (SSSR count). The molecule has 5 heterocycles. The van der Waals surface area contributed by atoms with E-state index in [-0.39, 0.29) is 0 Å². The number of nitrogens with two attached hydrogens (primary N) is 4. The van der Waals surface area contributed by atoms with Gasteiger partial charge in [0.25, 0.3) is 0 Å². The van der Waals surface area contributed by atoms with Gasteiger partial charge in [-0.3, -0.25) is 0 Å². The predicted octanol–water partition coefficient (Wildman–Crippen LogP) is 11.0. The van der Waals surface area contributed by atoms with Crippen molar-refractivity contribution in [1.29, 1.82) is 0 Å². The Balaban J connectivity index is 1.52. The van der Waals surface area contributed by atoms with Crippen LogP contribution in [0.1, 0.15) is 94.5 Å². The van der Waals surface area contributed by atoms with E-state index >= 15 is 0 Å². The first-order chi connectivity index (χ1) is 32.0. The summed E-state index contributed by atoms with van der Waals surface area (Å²) in [5.74, 6) is 0. The van der Waals surface area contributed by atoms with Crippen molar-refractivity contribution >= 4 is 22.8 Å². The van der Waals surface area contributed by atoms with Crippen molar-refractivity contribution in [3.63, 3.8) is 0 Å². The maximum absolute atomic E-state index is 8.18. The van der Waals surface area contributed by atoms with Crippen LogP contribution in [0.4, 0.5) is 0 Å². The quantitative estimate of drug-likeness (QED) is 0.139. The first kappa shape index (κ1) is 46.4. The minimum atomic E-state index is -1.26. The number of aliphatic imine (C=N–C) groups is 4. The van der Waals surface area contributed by atoms with E-state index in [4.69, 9.17) is 42.9 Å². The molecule has 4 atom stereocenters. The molecule has 68 heavy (non-hydrogen) atoms. The number of allylic oxidation sites excluding steroid dienone is 8. The Bertz CT molecular complexity index is 3280. The largest absolute Gasteiger partial charge is 0.318 e. The predicted molar refractivity (Wildman–Crippen MR) is 284 cm³/mol. The van der Waals surface area contributed by atoms with Crippen LogP contribution in [-0.4, -0.2) is 22.8 Å². The van der Waals surface area contributed by atoms with Crippen LogP contribution in [0.5, 0.6) is 0 Å². The minimum Gasteiger partial charge on any atom is -0.318 e. The summed E-state index contributed by atoms with van der Waals surface area (Å²) >= 11 is 0. The second kappa shape index (κ2) is 16.5. The summed E-state index contributed by atoms with van der Waals surface area (Å²) in [5, 5.41) is 0. The maximum atomic E-state index is 8.18. The average molecular weight is 897 g/mol. The summed E-state index contributed by atoms with van der Waals surface area (Å²) in [4.78, 5) is 21.7. The molecule has 0 amide bonds. The zero-order valence-electron chi connectivity index (χ0n) is 41.6. The van der Waals surface area contributed by atoms with Crippen molar-refractivity contribution < 1.29 is 0 Å². The standard InChI is InChI=1S/C60H64N8/c1-33-17-13-21-46(37(33)5)57(9,61)50-31-45-30-43-26-25-41(65-43)29-42-27-28-44(66-42)32-51-52(58(10,62)47-22-14-18-34(2)38(47)6)53(59(11,63)48-23-15-19-35(3)39(48)7)56(68-51)54(55(50)67-45)60(12,64)49-24-16-20-36(4)40(49)8/h13-32H,61-64H2,1-12H3. The summed E-state index contributed by atoms with van der Waals surface area (Å²) < 4.78 is 0. The van der Waals surface area contributed by atoms with E-state index in [9.17, 15) is 0 Å². The highest BCUT2D eigenvalue weighted by Gasteiger charge is 2.49. The topological polar surface area (TPSA) is 154 Å². The Kier molecular flexibility index (Phi) is 11.3. The Morgan fingerprint density at radius 1 is 0.368 bits per heavy atom. The Morgan fingerprint density at radius 3 is 1.21 bits per heavy atom.